The summed E-state index contributed by atoms with van der Waals surface area (Å²) in [5.41, 5.74) is 0.922. The lowest BCUT2D eigenvalue weighted by Gasteiger charge is -2.32. The van der Waals surface area contributed by atoms with Gasteiger partial charge in [-0.05, 0) is 25.8 Å². The summed E-state index contributed by atoms with van der Waals surface area (Å²) in [5.74, 6) is 0.522. The van der Waals surface area contributed by atoms with Crippen molar-refractivity contribution in [2.24, 2.45) is 5.92 Å². The van der Waals surface area contributed by atoms with Gasteiger partial charge in [-0.2, -0.15) is 17.0 Å². The van der Waals surface area contributed by atoms with Gasteiger partial charge in [0.15, 0.2) is 0 Å². The molecule has 1 N–H and O–H groups in total. The molecule has 25 heavy (non-hydrogen) atoms. The molecule has 1 amide bonds. The second-order valence-corrected chi connectivity index (χ2v) is 8.58. The molecule has 1 aliphatic rings. The molecule has 1 atom stereocenters. The topological polar surface area (TPSA) is 79.0 Å². The molecule has 0 aliphatic carbocycles. The van der Waals surface area contributed by atoms with Crippen LogP contribution in [0.15, 0.2) is 24.3 Å². The van der Waals surface area contributed by atoms with Crippen molar-refractivity contribution in [1.82, 2.24) is 13.9 Å². The molecule has 1 heterocycles. The molecule has 0 aromatic heterocycles. The summed E-state index contributed by atoms with van der Waals surface area (Å²) in [6.45, 7) is 2.64. The fourth-order valence-corrected chi connectivity index (χ4v) is 4.15. The van der Waals surface area contributed by atoms with E-state index >= 15 is 0 Å². The van der Waals surface area contributed by atoms with Crippen molar-refractivity contribution in [3.8, 4) is 5.75 Å². The highest BCUT2D eigenvalue weighted by Gasteiger charge is 2.32. The average molecular weight is 369 g/mol. The first kappa shape index (κ1) is 19.7. The molecule has 1 aliphatic heterocycles. The van der Waals surface area contributed by atoms with Crippen LogP contribution in [0, 0.1) is 5.92 Å². The van der Waals surface area contributed by atoms with Gasteiger partial charge in [0.1, 0.15) is 5.75 Å². The van der Waals surface area contributed by atoms with Crippen LogP contribution in [0.1, 0.15) is 31.4 Å². The van der Waals surface area contributed by atoms with Crippen LogP contribution in [0.25, 0.3) is 0 Å². The van der Waals surface area contributed by atoms with Crippen LogP contribution in [-0.2, 0) is 15.0 Å². The number of nitrogens with one attached hydrogen (secondary N) is 1. The molecule has 1 aromatic carbocycles. The molecular formula is C17H27N3O4S. The normalized spacial score (nSPS) is 18.1. The number of benzene rings is 1. The molecule has 1 aromatic rings. The Kier molecular flexibility index (Phi) is 6.42. The van der Waals surface area contributed by atoms with Gasteiger partial charge in [-0.1, -0.05) is 18.2 Å². The van der Waals surface area contributed by atoms with Gasteiger partial charge in [0, 0.05) is 38.7 Å². The largest absolute Gasteiger partial charge is 0.496 e. The Labute approximate surface area is 150 Å². The first-order valence-electron chi connectivity index (χ1n) is 8.38. The number of carbonyl (C=O) groups is 1. The molecule has 0 unspecified atom stereocenters. The first-order chi connectivity index (χ1) is 11.8. The lowest BCUT2D eigenvalue weighted by atomic mass is 9.96. The van der Waals surface area contributed by atoms with E-state index in [4.69, 9.17) is 4.74 Å². The summed E-state index contributed by atoms with van der Waals surface area (Å²) in [6, 6.07) is 7.41. The van der Waals surface area contributed by atoms with Gasteiger partial charge >= 0.3 is 0 Å². The predicted octanol–water partition coefficient (Wildman–Crippen LogP) is 1.39. The number of amides is 1. The van der Waals surface area contributed by atoms with Crippen molar-refractivity contribution in [1.29, 1.82) is 0 Å². The molecule has 2 rings (SSSR count). The average Bonchev–Trinajstić information content (AvgIpc) is 2.61. The van der Waals surface area contributed by atoms with E-state index in [9.17, 15) is 13.2 Å². The zero-order valence-corrected chi connectivity index (χ0v) is 16.0. The smallest absolute Gasteiger partial charge is 0.281 e. The van der Waals surface area contributed by atoms with E-state index in [1.165, 1.54) is 22.7 Å². The van der Waals surface area contributed by atoms with E-state index < -0.39 is 10.2 Å². The third-order valence-corrected chi connectivity index (χ3v) is 6.52. The Bertz CT molecular complexity index is 698. The number of methoxy groups -OCH3 is 1. The van der Waals surface area contributed by atoms with Crippen molar-refractivity contribution in [3.05, 3.63) is 29.8 Å². The Morgan fingerprint density at radius 3 is 2.44 bits per heavy atom. The SMILES string of the molecule is COc1ccccc1[C@H](C)NC(=O)C1CCN(S(=O)(=O)N(C)C)CC1. The summed E-state index contributed by atoms with van der Waals surface area (Å²) in [4.78, 5) is 12.5. The molecule has 140 valence electrons. The molecule has 0 saturated carbocycles. The number of nitrogens with zero attached hydrogens (tertiary/aromatic N) is 2. The predicted molar refractivity (Wildman–Crippen MR) is 96.5 cm³/mol. The number of para-hydroxylation sites is 1. The van der Waals surface area contributed by atoms with E-state index in [1.807, 2.05) is 31.2 Å². The van der Waals surface area contributed by atoms with Gasteiger partial charge in [0.2, 0.25) is 5.91 Å². The molecule has 0 bridgehead atoms. The van der Waals surface area contributed by atoms with Gasteiger partial charge in [0.25, 0.3) is 10.2 Å². The van der Waals surface area contributed by atoms with Crippen molar-refractivity contribution < 1.29 is 17.9 Å². The van der Waals surface area contributed by atoms with Gasteiger partial charge in [-0.3, -0.25) is 4.79 Å². The van der Waals surface area contributed by atoms with E-state index in [2.05, 4.69) is 5.32 Å². The number of piperidine rings is 1. The molecule has 1 saturated heterocycles. The van der Waals surface area contributed by atoms with Crippen molar-refractivity contribution in [2.45, 2.75) is 25.8 Å². The Morgan fingerprint density at radius 1 is 1.28 bits per heavy atom. The van der Waals surface area contributed by atoms with Crippen LogP contribution < -0.4 is 10.1 Å². The highest BCUT2D eigenvalue weighted by atomic mass is 32.2. The van der Waals surface area contributed by atoms with Crippen LogP contribution in [0.4, 0.5) is 0 Å². The zero-order valence-electron chi connectivity index (χ0n) is 15.2. The second-order valence-electron chi connectivity index (χ2n) is 6.44. The second kappa shape index (κ2) is 8.16. The summed E-state index contributed by atoms with van der Waals surface area (Å²) >= 11 is 0. The van der Waals surface area contributed by atoms with Crippen molar-refractivity contribution in [3.63, 3.8) is 0 Å². The highest BCUT2D eigenvalue weighted by molar-refractivity contribution is 7.86. The minimum Gasteiger partial charge on any atom is -0.496 e. The van der Waals surface area contributed by atoms with Crippen molar-refractivity contribution >= 4 is 16.1 Å². The Morgan fingerprint density at radius 2 is 1.88 bits per heavy atom. The maximum Gasteiger partial charge on any atom is 0.281 e. The number of rotatable bonds is 6. The minimum atomic E-state index is -3.41. The van der Waals surface area contributed by atoms with Crippen LogP contribution in [0.3, 0.4) is 0 Å². The molecule has 0 spiro atoms. The number of hydrogen-bond donors (Lipinski definition) is 1. The molecular weight excluding hydrogens is 342 g/mol. The zero-order chi connectivity index (χ0) is 18.6. The quantitative estimate of drug-likeness (QED) is 0.822. The number of carbonyl (C=O) groups excluding carboxylic acids is 1. The van der Waals surface area contributed by atoms with Gasteiger partial charge < -0.3 is 10.1 Å². The van der Waals surface area contributed by atoms with E-state index in [1.54, 1.807) is 7.11 Å². The number of hydrogen-bond acceptors (Lipinski definition) is 4. The van der Waals surface area contributed by atoms with Gasteiger partial charge in [0.05, 0.1) is 13.2 Å². The Balaban J connectivity index is 1.95. The van der Waals surface area contributed by atoms with E-state index in [0.29, 0.717) is 25.9 Å². The maximum absolute atomic E-state index is 12.5. The summed E-state index contributed by atoms with van der Waals surface area (Å²) in [7, 11) is 1.23. The maximum atomic E-state index is 12.5. The summed E-state index contributed by atoms with van der Waals surface area (Å²) in [6.07, 6.45) is 1.05. The summed E-state index contributed by atoms with van der Waals surface area (Å²) < 4.78 is 32.2. The van der Waals surface area contributed by atoms with Crippen LogP contribution in [0.5, 0.6) is 5.75 Å². The molecule has 8 heteroatoms. The minimum absolute atomic E-state index is 0.0414. The molecule has 7 nitrogen and oxygen atoms in total. The molecule has 0 radical (unpaired) electrons. The van der Waals surface area contributed by atoms with E-state index in [-0.39, 0.29) is 17.9 Å². The third kappa shape index (κ3) is 4.50. The van der Waals surface area contributed by atoms with Crippen LogP contribution in [0.2, 0.25) is 0 Å². The fourth-order valence-electron chi connectivity index (χ4n) is 3.01. The van der Waals surface area contributed by atoms with Gasteiger partial charge in [-0.25, -0.2) is 0 Å². The lowest BCUT2D eigenvalue weighted by molar-refractivity contribution is -0.126. The highest BCUT2D eigenvalue weighted by Crippen LogP contribution is 2.26. The van der Waals surface area contributed by atoms with Crippen LogP contribution in [-0.4, -0.2) is 57.2 Å². The molecule has 1 fully saturated rings. The number of ether oxygens (including phenoxy) is 1. The third-order valence-electron chi connectivity index (χ3n) is 4.58. The van der Waals surface area contributed by atoms with Crippen molar-refractivity contribution in [2.75, 3.05) is 34.3 Å². The summed E-state index contributed by atoms with van der Waals surface area (Å²) in [5, 5.41) is 3.02. The lowest BCUT2D eigenvalue weighted by Crippen LogP contribution is -2.47. The van der Waals surface area contributed by atoms with E-state index in [0.717, 1.165) is 11.3 Å². The van der Waals surface area contributed by atoms with Gasteiger partial charge in [-0.15, -0.1) is 0 Å². The van der Waals surface area contributed by atoms with Crippen LogP contribution >= 0.6 is 0 Å². The monoisotopic (exact) mass is 369 g/mol. The first-order valence-corrected chi connectivity index (χ1v) is 9.78. The fraction of sp³-hybridized carbons (Fsp3) is 0.588. The Hall–Kier alpha value is -1.64. The standard InChI is InChI=1S/C17H27N3O4S/c1-13(15-7-5-6-8-16(15)24-4)18-17(21)14-9-11-20(12-10-14)25(22,23)19(2)3/h5-8,13-14H,9-12H2,1-4H3,(H,18,21)/t13-/m0/s1.